The summed E-state index contributed by atoms with van der Waals surface area (Å²) in [6, 6.07) is 12.5. The Kier molecular flexibility index (Phi) is 2.88. The maximum atomic E-state index is 10.0. The highest BCUT2D eigenvalue weighted by molar-refractivity contribution is 6.00. The number of rotatable bonds is 2. The summed E-state index contributed by atoms with van der Waals surface area (Å²) in [7, 11) is 0. The number of nitrogens with zero attached hydrogens (tertiary/aromatic N) is 3. The van der Waals surface area contributed by atoms with Gasteiger partial charge in [-0.15, -0.1) is 0 Å². The van der Waals surface area contributed by atoms with Crippen LogP contribution < -0.4 is 5.73 Å². The number of aliphatic imine (C=N–C) groups is 1. The molecule has 122 valence electrons. The molecule has 6 heteroatoms. The molecule has 3 aliphatic rings. The third kappa shape index (κ3) is 1.40. The van der Waals surface area contributed by atoms with Crippen molar-refractivity contribution in [2.45, 2.75) is 38.2 Å². The van der Waals surface area contributed by atoms with E-state index in [1.165, 1.54) is 5.56 Å². The lowest BCUT2D eigenvalue weighted by molar-refractivity contribution is -0.193. The lowest BCUT2D eigenvalue weighted by atomic mass is 9.93. The van der Waals surface area contributed by atoms with Crippen LogP contribution in [0.1, 0.15) is 30.9 Å². The topological polar surface area (TPSA) is 104 Å². The molecule has 0 bridgehead atoms. The Bertz CT molecular complexity index is 821. The monoisotopic (exact) mass is 322 g/mol. The number of fused-ring (bicyclic) bond motifs is 2. The zero-order valence-corrected chi connectivity index (χ0v) is 13.6. The minimum Gasteiger partial charge on any atom is -0.386 e. The number of nitrogens with two attached hydrogens (primary N) is 1. The van der Waals surface area contributed by atoms with Crippen LogP contribution >= 0.6 is 0 Å². The summed E-state index contributed by atoms with van der Waals surface area (Å²) in [5.41, 5.74) is 5.78. The number of nitriles is 2. The SMILES string of the molecule is CCc1ccc(C2C3(C#N)C(N)=NC4(OCC(C)O4)C23C#N)cc1. The zero-order chi connectivity index (χ0) is 17.2. The van der Waals surface area contributed by atoms with Gasteiger partial charge in [0.25, 0.3) is 5.91 Å². The van der Waals surface area contributed by atoms with Crippen LogP contribution in [0, 0.1) is 33.5 Å². The van der Waals surface area contributed by atoms with Crippen molar-refractivity contribution in [1.29, 1.82) is 10.5 Å². The van der Waals surface area contributed by atoms with Crippen LogP contribution in [0.2, 0.25) is 0 Å². The van der Waals surface area contributed by atoms with Crippen molar-refractivity contribution in [3.63, 3.8) is 0 Å². The molecule has 5 unspecified atom stereocenters. The molecule has 1 spiro atoms. The first kappa shape index (κ1) is 15.1. The highest BCUT2D eigenvalue weighted by atomic mass is 16.8. The van der Waals surface area contributed by atoms with E-state index in [0.717, 1.165) is 12.0 Å². The second kappa shape index (κ2) is 4.57. The molecule has 6 nitrogen and oxygen atoms in total. The minimum atomic E-state index is -1.48. The molecule has 2 fully saturated rings. The highest BCUT2D eigenvalue weighted by Crippen LogP contribution is 2.82. The molecule has 1 aliphatic carbocycles. The number of amidine groups is 1. The van der Waals surface area contributed by atoms with Gasteiger partial charge in [0.1, 0.15) is 11.3 Å². The average Bonchev–Trinajstić information content (AvgIpc) is 2.99. The molecule has 1 saturated heterocycles. The van der Waals surface area contributed by atoms with Crippen molar-refractivity contribution in [1.82, 2.24) is 0 Å². The number of hydrogen-bond donors (Lipinski definition) is 1. The van der Waals surface area contributed by atoms with Crippen LogP contribution in [-0.2, 0) is 15.9 Å². The fourth-order valence-electron chi connectivity index (χ4n) is 4.31. The van der Waals surface area contributed by atoms with E-state index in [4.69, 9.17) is 15.2 Å². The van der Waals surface area contributed by atoms with E-state index in [-0.39, 0.29) is 11.9 Å². The smallest absolute Gasteiger partial charge is 0.293 e. The maximum Gasteiger partial charge on any atom is 0.293 e. The fourth-order valence-corrected chi connectivity index (χ4v) is 4.31. The van der Waals surface area contributed by atoms with Crippen LogP contribution in [0.3, 0.4) is 0 Å². The number of hydrogen-bond acceptors (Lipinski definition) is 6. The van der Waals surface area contributed by atoms with Gasteiger partial charge in [-0.2, -0.15) is 10.5 Å². The molecule has 4 rings (SSSR count). The van der Waals surface area contributed by atoms with Crippen LogP contribution in [0.25, 0.3) is 0 Å². The van der Waals surface area contributed by atoms with Crippen molar-refractivity contribution >= 4 is 5.84 Å². The van der Waals surface area contributed by atoms with Crippen molar-refractivity contribution < 1.29 is 9.47 Å². The fraction of sp³-hybridized carbons (Fsp3) is 0.500. The van der Waals surface area contributed by atoms with E-state index in [1.807, 2.05) is 31.2 Å². The summed E-state index contributed by atoms with van der Waals surface area (Å²) in [5.74, 6) is -1.76. The predicted molar refractivity (Wildman–Crippen MR) is 85.5 cm³/mol. The first-order valence-electron chi connectivity index (χ1n) is 8.10. The van der Waals surface area contributed by atoms with Gasteiger partial charge in [-0.05, 0) is 24.5 Å². The predicted octanol–water partition coefficient (Wildman–Crippen LogP) is 1.83. The molecular weight excluding hydrogens is 304 g/mol. The van der Waals surface area contributed by atoms with E-state index in [2.05, 4.69) is 24.1 Å². The summed E-state index contributed by atoms with van der Waals surface area (Å²) in [6.45, 7) is 4.25. The molecular formula is C18H18N4O2. The molecule has 0 amide bonds. The van der Waals surface area contributed by atoms with Gasteiger partial charge in [-0.3, -0.25) is 0 Å². The minimum absolute atomic E-state index is 0.130. The van der Waals surface area contributed by atoms with Gasteiger partial charge >= 0.3 is 0 Å². The average molecular weight is 322 g/mol. The third-order valence-electron chi connectivity index (χ3n) is 5.52. The first-order chi connectivity index (χ1) is 11.5. The second-order valence-corrected chi connectivity index (χ2v) is 6.69. The number of ether oxygens (including phenoxy) is 2. The molecule has 0 aromatic heterocycles. The van der Waals surface area contributed by atoms with E-state index in [0.29, 0.717) is 6.61 Å². The van der Waals surface area contributed by atoms with E-state index < -0.39 is 22.7 Å². The Morgan fingerprint density at radius 1 is 1.29 bits per heavy atom. The van der Waals surface area contributed by atoms with Gasteiger partial charge in [0.15, 0.2) is 5.41 Å². The number of aryl methyl sites for hydroxylation is 1. The lowest BCUT2D eigenvalue weighted by Gasteiger charge is -2.26. The standard InChI is InChI=1S/C18H18N4O2/c1-3-12-4-6-13(7-5-12)14-16(9-19)15(21)22-18(17(14,16)10-20)23-8-11(2)24-18/h4-7,11,14H,3,8H2,1-2H3,(H2,21,22). The second-order valence-electron chi connectivity index (χ2n) is 6.69. The normalized spacial score (nSPS) is 42.2. The van der Waals surface area contributed by atoms with E-state index in [9.17, 15) is 10.5 Å². The Labute approximate surface area is 140 Å². The van der Waals surface area contributed by atoms with Crippen molar-refractivity contribution in [2.24, 2.45) is 21.6 Å². The van der Waals surface area contributed by atoms with Crippen LogP contribution in [0.4, 0.5) is 0 Å². The molecule has 1 aromatic carbocycles. The van der Waals surface area contributed by atoms with Crippen molar-refractivity contribution in [3.8, 4) is 12.1 Å². The third-order valence-corrected chi connectivity index (χ3v) is 5.52. The van der Waals surface area contributed by atoms with Gasteiger partial charge in [-0.1, -0.05) is 31.2 Å². The quantitative estimate of drug-likeness (QED) is 0.894. The largest absolute Gasteiger partial charge is 0.386 e. The van der Waals surface area contributed by atoms with Crippen LogP contribution in [0.5, 0.6) is 0 Å². The molecule has 1 aromatic rings. The van der Waals surface area contributed by atoms with E-state index in [1.54, 1.807) is 0 Å². The molecule has 2 N–H and O–H groups in total. The summed E-state index contributed by atoms with van der Waals surface area (Å²) < 4.78 is 11.7. The maximum absolute atomic E-state index is 10.0. The molecule has 2 aliphatic heterocycles. The Morgan fingerprint density at radius 2 is 2.00 bits per heavy atom. The van der Waals surface area contributed by atoms with Crippen LogP contribution in [0.15, 0.2) is 29.3 Å². The van der Waals surface area contributed by atoms with Crippen molar-refractivity contribution in [2.75, 3.05) is 6.61 Å². The zero-order valence-electron chi connectivity index (χ0n) is 13.6. The molecule has 0 radical (unpaired) electrons. The Hall–Kier alpha value is -2.41. The summed E-state index contributed by atoms with van der Waals surface area (Å²) in [6.07, 6.45) is 0.722. The van der Waals surface area contributed by atoms with Gasteiger partial charge in [-0.25, -0.2) is 4.99 Å². The van der Waals surface area contributed by atoms with Crippen molar-refractivity contribution in [3.05, 3.63) is 35.4 Å². The summed E-state index contributed by atoms with van der Waals surface area (Å²) in [4.78, 5) is 4.30. The number of benzene rings is 1. The molecule has 2 heterocycles. The van der Waals surface area contributed by atoms with Gasteiger partial charge in [0.05, 0.1) is 24.8 Å². The highest BCUT2D eigenvalue weighted by Gasteiger charge is 2.94. The summed E-state index contributed by atoms with van der Waals surface area (Å²) >= 11 is 0. The summed E-state index contributed by atoms with van der Waals surface area (Å²) in [5, 5.41) is 19.9. The van der Waals surface area contributed by atoms with E-state index >= 15 is 0 Å². The molecule has 24 heavy (non-hydrogen) atoms. The molecule has 1 saturated carbocycles. The lowest BCUT2D eigenvalue weighted by Crippen LogP contribution is -2.39. The van der Waals surface area contributed by atoms with Gasteiger partial charge < -0.3 is 15.2 Å². The molecule has 5 atom stereocenters. The van der Waals surface area contributed by atoms with Gasteiger partial charge in [0.2, 0.25) is 0 Å². The first-order valence-corrected chi connectivity index (χ1v) is 8.10. The van der Waals surface area contributed by atoms with Gasteiger partial charge in [0, 0.05) is 5.92 Å². The Morgan fingerprint density at radius 3 is 2.50 bits per heavy atom. The Balaban J connectivity index is 1.87. The van der Waals surface area contributed by atoms with Crippen LogP contribution in [-0.4, -0.2) is 24.5 Å².